The zero-order valence-corrected chi connectivity index (χ0v) is 23.2. The van der Waals surface area contributed by atoms with E-state index < -0.39 is 33.4 Å². The Bertz CT molecular complexity index is 1270. The third-order valence-electron chi connectivity index (χ3n) is 7.90. The Labute approximate surface area is 228 Å². The molecule has 2 aliphatic rings. The van der Waals surface area contributed by atoms with Crippen LogP contribution in [0.5, 0.6) is 0 Å². The van der Waals surface area contributed by atoms with Gasteiger partial charge in [0.1, 0.15) is 0 Å². The number of carbonyl (C=O) groups is 2. The average molecular weight is 568 g/mol. The van der Waals surface area contributed by atoms with Crippen molar-refractivity contribution in [1.29, 1.82) is 0 Å². The predicted octanol–water partition coefficient (Wildman–Crippen LogP) is 5.25. The summed E-state index contributed by atoms with van der Waals surface area (Å²) in [5.74, 6) is -2.07. The van der Waals surface area contributed by atoms with E-state index in [1.54, 1.807) is 25.2 Å². The number of aliphatic carboxylic acids is 1. The van der Waals surface area contributed by atoms with Crippen LogP contribution in [0.15, 0.2) is 48.5 Å². The zero-order chi connectivity index (χ0) is 27.0. The van der Waals surface area contributed by atoms with Gasteiger partial charge in [0.15, 0.2) is 0 Å². The number of carboxylic acid groups (broad SMARTS) is 1. The first-order chi connectivity index (χ1) is 17.4. The highest BCUT2D eigenvalue weighted by molar-refractivity contribution is 7.90. The highest BCUT2D eigenvalue weighted by atomic mass is 35.5. The van der Waals surface area contributed by atoms with Gasteiger partial charge in [0.25, 0.3) is 0 Å². The molecule has 1 heterocycles. The van der Waals surface area contributed by atoms with Gasteiger partial charge >= 0.3 is 5.97 Å². The number of hydrogen-bond acceptors (Lipinski definition) is 4. The van der Waals surface area contributed by atoms with Crippen LogP contribution in [0.3, 0.4) is 0 Å². The fourth-order valence-electron chi connectivity index (χ4n) is 5.44. The molecule has 1 amide bonds. The molecule has 2 N–H and O–H groups in total. The Morgan fingerprint density at radius 3 is 2.41 bits per heavy atom. The summed E-state index contributed by atoms with van der Waals surface area (Å²) in [4.78, 5) is 25.9. The maximum atomic E-state index is 13.8. The highest BCUT2D eigenvalue weighted by Gasteiger charge is 2.52. The molecule has 0 spiro atoms. The minimum absolute atomic E-state index is 0.219. The molecule has 1 saturated carbocycles. The Morgan fingerprint density at radius 2 is 1.81 bits per heavy atom. The SMILES string of the molecule is C[C@@H](CCN(C)S(=O)(=O)C1CC1)[C@@]1(CC(=O)O)C[C@H](c2cccc(Cl)c2)[C@@H](c2ccc(Cl)cc2)NC1=O. The van der Waals surface area contributed by atoms with Crippen LogP contribution in [0, 0.1) is 11.3 Å². The van der Waals surface area contributed by atoms with Crippen LogP contribution in [0.2, 0.25) is 10.0 Å². The van der Waals surface area contributed by atoms with Gasteiger partial charge in [-0.2, -0.15) is 0 Å². The Hall–Kier alpha value is -2.13. The molecule has 2 aromatic carbocycles. The van der Waals surface area contributed by atoms with Crippen molar-refractivity contribution >= 4 is 45.1 Å². The topological polar surface area (TPSA) is 104 Å². The smallest absolute Gasteiger partial charge is 0.304 e. The lowest BCUT2D eigenvalue weighted by Gasteiger charge is -2.47. The van der Waals surface area contributed by atoms with Crippen molar-refractivity contribution in [3.05, 3.63) is 69.7 Å². The summed E-state index contributed by atoms with van der Waals surface area (Å²) in [6, 6.07) is 14.2. The molecule has 4 atom stereocenters. The molecular weight excluding hydrogens is 535 g/mol. The van der Waals surface area contributed by atoms with Gasteiger partial charge in [-0.3, -0.25) is 9.59 Å². The fourth-order valence-corrected chi connectivity index (χ4v) is 7.37. The normalized spacial score (nSPS) is 25.1. The van der Waals surface area contributed by atoms with Crippen molar-refractivity contribution in [3.63, 3.8) is 0 Å². The molecule has 1 saturated heterocycles. The lowest BCUT2D eigenvalue weighted by molar-refractivity contribution is -0.152. The van der Waals surface area contributed by atoms with E-state index >= 15 is 0 Å². The monoisotopic (exact) mass is 566 g/mol. The second kappa shape index (κ2) is 10.9. The number of carbonyl (C=O) groups excluding carboxylic acids is 1. The Balaban J connectivity index is 1.68. The van der Waals surface area contributed by atoms with Crippen molar-refractivity contribution in [2.45, 2.75) is 56.2 Å². The molecule has 0 unspecified atom stereocenters. The van der Waals surface area contributed by atoms with E-state index in [0.29, 0.717) is 29.3 Å². The number of hydrogen-bond donors (Lipinski definition) is 2. The predicted molar refractivity (Wildman–Crippen MR) is 144 cm³/mol. The van der Waals surface area contributed by atoms with Gasteiger partial charge in [-0.1, -0.05) is 54.4 Å². The number of sulfonamides is 1. The molecule has 0 bridgehead atoms. The number of carboxylic acids is 1. The molecule has 0 radical (unpaired) electrons. The lowest BCUT2D eigenvalue weighted by Crippen LogP contribution is -2.54. The van der Waals surface area contributed by atoms with Gasteiger partial charge in [-0.25, -0.2) is 12.7 Å². The van der Waals surface area contributed by atoms with Gasteiger partial charge in [0.05, 0.1) is 23.1 Å². The molecule has 1 aliphatic carbocycles. The Kier molecular flexibility index (Phi) is 8.24. The fraction of sp³-hybridized carbons (Fsp3) is 0.481. The number of nitrogens with zero attached hydrogens (tertiary/aromatic N) is 1. The maximum Gasteiger partial charge on any atom is 0.304 e. The molecule has 37 heavy (non-hydrogen) atoms. The summed E-state index contributed by atoms with van der Waals surface area (Å²) in [6.07, 6.45) is 1.61. The van der Waals surface area contributed by atoms with Crippen LogP contribution in [0.1, 0.15) is 62.1 Å². The maximum absolute atomic E-state index is 13.8. The first kappa shape index (κ1) is 27.9. The molecule has 0 aromatic heterocycles. The van der Waals surface area contributed by atoms with Crippen LogP contribution < -0.4 is 5.32 Å². The molecule has 10 heteroatoms. The van der Waals surface area contributed by atoms with E-state index in [2.05, 4.69) is 5.32 Å². The number of rotatable bonds is 10. The second-order valence-corrected chi connectivity index (χ2v) is 13.5. The number of nitrogens with one attached hydrogen (secondary N) is 1. The van der Waals surface area contributed by atoms with Gasteiger partial charge in [-0.15, -0.1) is 0 Å². The molecule has 2 aromatic rings. The van der Waals surface area contributed by atoms with Crippen LogP contribution in [0.25, 0.3) is 0 Å². The summed E-state index contributed by atoms with van der Waals surface area (Å²) in [5.41, 5.74) is 0.517. The van der Waals surface area contributed by atoms with Gasteiger partial charge in [-0.05, 0) is 67.0 Å². The van der Waals surface area contributed by atoms with Crippen LogP contribution >= 0.6 is 23.2 Å². The summed E-state index contributed by atoms with van der Waals surface area (Å²) in [5, 5.41) is 13.8. The summed E-state index contributed by atoms with van der Waals surface area (Å²) < 4.78 is 26.6. The summed E-state index contributed by atoms with van der Waals surface area (Å²) in [7, 11) is -1.81. The van der Waals surface area contributed by atoms with Crippen molar-refractivity contribution in [2.24, 2.45) is 11.3 Å². The number of piperidine rings is 1. The van der Waals surface area contributed by atoms with Crippen LogP contribution in [0.4, 0.5) is 0 Å². The molecule has 7 nitrogen and oxygen atoms in total. The van der Waals surface area contributed by atoms with E-state index in [1.165, 1.54) is 4.31 Å². The second-order valence-electron chi connectivity index (χ2n) is 10.4. The van der Waals surface area contributed by atoms with E-state index in [0.717, 1.165) is 11.1 Å². The third-order valence-corrected chi connectivity index (χ3v) is 10.8. The lowest BCUT2D eigenvalue weighted by atomic mass is 9.61. The molecular formula is C27H32Cl2N2O5S. The minimum atomic E-state index is -3.36. The zero-order valence-electron chi connectivity index (χ0n) is 20.9. The van der Waals surface area contributed by atoms with Gasteiger partial charge < -0.3 is 10.4 Å². The molecule has 200 valence electrons. The molecule has 2 fully saturated rings. The van der Waals surface area contributed by atoms with E-state index in [1.807, 2.05) is 37.3 Å². The number of amides is 1. The molecule has 4 rings (SSSR count). The van der Waals surface area contributed by atoms with E-state index in [-0.39, 0.29) is 36.5 Å². The first-order valence-electron chi connectivity index (χ1n) is 12.4. The minimum Gasteiger partial charge on any atom is -0.481 e. The molecule has 1 aliphatic heterocycles. The standard InChI is InChI=1S/C27H32Cl2N2O5S/c1-17(12-13-31(2)37(35,36)22-10-11-22)27(16-24(32)33)15-23(19-4-3-5-21(29)14-19)25(30-26(27)34)18-6-8-20(28)9-7-18/h3-9,14,17,22-23,25H,10-13,15-16H2,1-2H3,(H,30,34)(H,32,33)/t17-,23+,25+,27-/m0/s1. The Morgan fingerprint density at radius 1 is 1.14 bits per heavy atom. The third kappa shape index (κ3) is 5.98. The van der Waals surface area contributed by atoms with Crippen molar-refractivity contribution < 1.29 is 23.1 Å². The summed E-state index contributed by atoms with van der Waals surface area (Å²) >= 11 is 12.4. The number of halogens is 2. The average Bonchev–Trinajstić information content (AvgIpc) is 3.70. The van der Waals surface area contributed by atoms with Crippen LogP contribution in [-0.4, -0.2) is 48.5 Å². The van der Waals surface area contributed by atoms with E-state index in [4.69, 9.17) is 23.2 Å². The first-order valence-corrected chi connectivity index (χ1v) is 14.7. The highest BCUT2D eigenvalue weighted by Crippen LogP contribution is 2.51. The summed E-state index contributed by atoms with van der Waals surface area (Å²) in [6.45, 7) is 2.06. The van der Waals surface area contributed by atoms with Gasteiger partial charge in [0, 0.05) is 29.6 Å². The van der Waals surface area contributed by atoms with Crippen molar-refractivity contribution in [2.75, 3.05) is 13.6 Å². The largest absolute Gasteiger partial charge is 0.481 e. The van der Waals surface area contributed by atoms with Crippen molar-refractivity contribution in [1.82, 2.24) is 9.62 Å². The van der Waals surface area contributed by atoms with Crippen molar-refractivity contribution in [3.8, 4) is 0 Å². The van der Waals surface area contributed by atoms with Gasteiger partial charge in [0.2, 0.25) is 15.9 Å². The van der Waals surface area contributed by atoms with Crippen LogP contribution in [-0.2, 0) is 19.6 Å². The quantitative estimate of drug-likeness (QED) is 0.408. The van der Waals surface area contributed by atoms with E-state index in [9.17, 15) is 23.1 Å². The number of benzene rings is 2.